The zero-order valence-corrected chi connectivity index (χ0v) is 13.7. The van der Waals surface area contributed by atoms with E-state index in [1.54, 1.807) is 13.3 Å². The number of hydrogen-bond donors (Lipinski definition) is 1. The Morgan fingerprint density at radius 3 is 2.78 bits per heavy atom. The Morgan fingerprint density at radius 1 is 1.39 bits per heavy atom. The van der Waals surface area contributed by atoms with Gasteiger partial charge in [-0.25, -0.2) is 4.98 Å². The molecular weight excluding hydrogens is 292 g/mol. The predicted molar refractivity (Wildman–Crippen MR) is 87.4 cm³/mol. The Balaban J connectivity index is 1.40. The highest BCUT2D eigenvalue weighted by atomic mass is 16.5. The first-order chi connectivity index (χ1) is 11.3. The first-order valence-corrected chi connectivity index (χ1v) is 8.39. The normalized spacial score (nSPS) is 32.3. The van der Waals surface area contributed by atoms with Crippen molar-refractivity contribution in [2.45, 2.75) is 31.6 Å². The summed E-state index contributed by atoms with van der Waals surface area (Å²) in [6.07, 6.45) is 5.17. The van der Waals surface area contributed by atoms with E-state index in [9.17, 15) is 0 Å². The van der Waals surface area contributed by atoms with Crippen LogP contribution in [0.4, 0.5) is 0 Å². The number of ether oxygens (including phenoxy) is 2. The van der Waals surface area contributed by atoms with Crippen molar-refractivity contribution in [2.24, 2.45) is 16.8 Å². The highest BCUT2D eigenvalue weighted by molar-refractivity contribution is 5.80. The third-order valence-corrected chi connectivity index (χ3v) is 5.44. The molecule has 4 rings (SSSR count). The molecule has 1 aromatic rings. The fourth-order valence-corrected chi connectivity index (χ4v) is 4.38. The molecule has 0 radical (unpaired) electrons. The van der Waals surface area contributed by atoms with Crippen LogP contribution in [0.1, 0.15) is 18.4 Å². The van der Waals surface area contributed by atoms with Gasteiger partial charge in [-0.15, -0.1) is 0 Å². The lowest BCUT2D eigenvalue weighted by atomic mass is 9.82. The molecule has 4 unspecified atom stereocenters. The van der Waals surface area contributed by atoms with Gasteiger partial charge < -0.3 is 19.7 Å². The average Bonchev–Trinajstić information content (AvgIpc) is 3.28. The Hall–Kier alpha value is -1.82. The zero-order valence-electron chi connectivity index (χ0n) is 13.7. The van der Waals surface area contributed by atoms with Crippen LogP contribution in [-0.4, -0.2) is 55.3 Å². The molecule has 1 aromatic heterocycles. The molecule has 6 nitrogen and oxygen atoms in total. The van der Waals surface area contributed by atoms with Gasteiger partial charge in [0.25, 0.3) is 0 Å². The van der Waals surface area contributed by atoms with Gasteiger partial charge in [0.2, 0.25) is 5.88 Å². The Bertz CT molecular complexity index is 588. The lowest BCUT2D eigenvalue weighted by Crippen LogP contribution is -2.41. The Labute approximate surface area is 136 Å². The van der Waals surface area contributed by atoms with E-state index in [0.717, 1.165) is 24.6 Å². The topological polar surface area (TPSA) is 59.0 Å². The lowest BCUT2D eigenvalue weighted by Gasteiger charge is -2.23. The second-order valence-corrected chi connectivity index (χ2v) is 6.60. The van der Waals surface area contributed by atoms with Crippen LogP contribution in [0.25, 0.3) is 0 Å². The first kappa shape index (κ1) is 14.8. The molecule has 3 fully saturated rings. The molecule has 0 aliphatic carbocycles. The maximum absolute atomic E-state index is 6.05. The van der Waals surface area contributed by atoms with Gasteiger partial charge >= 0.3 is 0 Å². The molecule has 2 bridgehead atoms. The van der Waals surface area contributed by atoms with E-state index in [1.807, 2.05) is 19.2 Å². The minimum atomic E-state index is 0.478. The number of rotatable bonds is 3. The smallest absolute Gasteiger partial charge is 0.218 e. The van der Waals surface area contributed by atoms with Crippen molar-refractivity contribution in [2.75, 3.05) is 27.2 Å². The third-order valence-electron chi connectivity index (χ3n) is 5.44. The molecule has 124 valence electrons. The van der Waals surface area contributed by atoms with Gasteiger partial charge in [-0.05, 0) is 18.9 Å². The summed E-state index contributed by atoms with van der Waals surface area (Å²) in [4.78, 5) is 11.1. The molecule has 3 aliphatic rings. The van der Waals surface area contributed by atoms with Crippen molar-refractivity contribution in [1.82, 2.24) is 15.2 Å². The van der Waals surface area contributed by atoms with Gasteiger partial charge in [0.05, 0.1) is 19.3 Å². The molecule has 0 amide bonds. The van der Waals surface area contributed by atoms with E-state index >= 15 is 0 Å². The highest BCUT2D eigenvalue weighted by Crippen LogP contribution is 2.47. The molecule has 3 saturated heterocycles. The monoisotopic (exact) mass is 316 g/mol. The molecule has 23 heavy (non-hydrogen) atoms. The maximum Gasteiger partial charge on any atom is 0.218 e. The number of aromatic nitrogens is 1. The van der Waals surface area contributed by atoms with Crippen molar-refractivity contribution in [3.63, 3.8) is 0 Å². The second-order valence-electron chi connectivity index (χ2n) is 6.60. The lowest BCUT2D eigenvalue weighted by molar-refractivity contribution is 0.0767. The van der Waals surface area contributed by atoms with Crippen molar-refractivity contribution >= 4 is 5.96 Å². The van der Waals surface area contributed by atoms with Gasteiger partial charge in [-0.1, -0.05) is 6.07 Å². The summed E-state index contributed by atoms with van der Waals surface area (Å²) < 4.78 is 11.4. The molecule has 4 atom stereocenters. The second kappa shape index (κ2) is 6.00. The largest absolute Gasteiger partial charge is 0.481 e. The van der Waals surface area contributed by atoms with Crippen LogP contribution < -0.4 is 10.1 Å². The van der Waals surface area contributed by atoms with Crippen molar-refractivity contribution in [3.8, 4) is 5.88 Å². The van der Waals surface area contributed by atoms with E-state index in [1.165, 1.54) is 12.8 Å². The highest BCUT2D eigenvalue weighted by Gasteiger charge is 2.53. The van der Waals surface area contributed by atoms with E-state index in [0.29, 0.717) is 36.5 Å². The summed E-state index contributed by atoms with van der Waals surface area (Å²) in [6, 6.07) is 3.95. The minimum absolute atomic E-state index is 0.478. The van der Waals surface area contributed by atoms with Gasteiger partial charge in [0.1, 0.15) is 0 Å². The summed E-state index contributed by atoms with van der Waals surface area (Å²) in [5, 5.41) is 3.46. The van der Waals surface area contributed by atoms with E-state index in [4.69, 9.17) is 9.47 Å². The number of pyridine rings is 1. The molecule has 3 aliphatic heterocycles. The molecule has 0 aromatic carbocycles. The van der Waals surface area contributed by atoms with Gasteiger partial charge in [0.15, 0.2) is 5.96 Å². The van der Waals surface area contributed by atoms with Crippen LogP contribution in [0.2, 0.25) is 0 Å². The van der Waals surface area contributed by atoms with Crippen molar-refractivity contribution in [3.05, 3.63) is 23.9 Å². The molecule has 1 N–H and O–H groups in total. The number of nitrogens with zero attached hydrogens (tertiary/aromatic N) is 3. The molecule has 6 heteroatoms. The van der Waals surface area contributed by atoms with Crippen LogP contribution >= 0.6 is 0 Å². The van der Waals surface area contributed by atoms with E-state index in [2.05, 4.69) is 20.2 Å². The van der Waals surface area contributed by atoms with Gasteiger partial charge in [-0.2, -0.15) is 0 Å². The number of methoxy groups -OCH3 is 1. The van der Waals surface area contributed by atoms with Crippen LogP contribution in [0, 0.1) is 11.8 Å². The van der Waals surface area contributed by atoms with Crippen LogP contribution in [0.3, 0.4) is 0 Å². The van der Waals surface area contributed by atoms with Crippen LogP contribution in [0.15, 0.2) is 23.3 Å². The Morgan fingerprint density at radius 2 is 2.13 bits per heavy atom. The maximum atomic E-state index is 6.05. The molecule has 0 saturated carbocycles. The number of guanidine groups is 1. The number of fused-ring (bicyclic) bond motifs is 5. The quantitative estimate of drug-likeness (QED) is 0.672. The fraction of sp³-hybridized carbons (Fsp3) is 0.647. The third kappa shape index (κ3) is 2.55. The number of likely N-dealkylation sites (tertiary alicyclic amines) is 1. The summed E-state index contributed by atoms with van der Waals surface area (Å²) >= 11 is 0. The number of aliphatic imine (C=N–C) groups is 1. The molecular formula is C17H24N4O2. The minimum Gasteiger partial charge on any atom is -0.481 e. The molecule has 4 heterocycles. The summed E-state index contributed by atoms with van der Waals surface area (Å²) in [5.41, 5.74) is 1.04. The summed E-state index contributed by atoms with van der Waals surface area (Å²) in [6.45, 7) is 2.77. The number of hydrogen-bond acceptors (Lipinski definition) is 4. The van der Waals surface area contributed by atoms with Gasteiger partial charge in [0, 0.05) is 50.3 Å². The Kier molecular flexibility index (Phi) is 3.85. The van der Waals surface area contributed by atoms with Crippen LogP contribution in [-0.2, 0) is 11.3 Å². The van der Waals surface area contributed by atoms with Crippen molar-refractivity contribution < 1.29 is 9.47 Å². The fourth-order valence-electron chi connectivity index (χ4n) is 4.38. The molecule has 0 spiro atoms. The van der Waals surface area contributed by atoms with Gasteiger partial charge in [-0.3, -0.25) is 4.99 Å². The predicted octanol–water partition coefficient (Wildman–Crippen LogP) is 1.27. The zero-order chi connectivity index (χ0) is 15.8. The average molecular weight is 316 g/mol. The summed E-state index contributed by atoms with van der Waals surface area (Å²) in [7, 11) is 3.50. The standard InChI is InChI=1S/C17H24N4O2/c1-18-17(20-8-11-4-3-7-19-16(11)22-2)21-9-12-13(10-21)15-6-5-14(12)23-15/h3-4,7,12-15H,5-6,8-10H2,1-2H3,(H,18,20). The number of nitrogens with one attached hydrogen (secondary N) is 1. The summed E-state index contributed by atoms with van der Waals surface area (Å²) in [5.74, 6) is 2.99. The van der Waals surface area contributed by atoms with Crippen molar-refractivity contribution in [1.29, 1.82) is 0 Å². The van der Waals surface area contributed by atoms with Crippen LogP contribution in [0.5, 0.6) is 5.88 Å². The van der Waals surface area contributed by atoms with E-state index < -0.39 is 0 Å². The SMILES string of the molecule is CN=C(NCc1cccnc1OC)N1CC2C3CCC(O3)C2C1. The van der Waals surface area contributed by atoms with E-state index in [-0.39, 0.29) is 0 Å². The first-order valence-electron chi connectivity index (χ1n) is 8.39.